The first-order valence-electron chi connectivity index (χ1n) is 8.70. The highest BCUT2D eigenvalue weighted by Gasteiger charge is 2.21. The highest BCUT2D eigenvalue weighted by molar-refractivity contribution is 7.90. The lowest BCUT2D eigenvalue weighted by Crippen LogP contribution is -2.34. The van der Waals surface area contributed by atoms with Gasteiger partial charge in [0.05, 0.1) is 35.6 Å². The summed E-state index contributed by atoms with van der Waals surface area (Å²) in [5, 5.41) is 9.41. The van der Waals surface area contributed by atoms with E-state index in [9.17, 15) is 13.2 Å². The first kappa shape index (κ1) is 21.4. The van der Waals surface area contributed by atoms with Gasteiger partial charge in [0.2, 0.25) is 0 Å². The summed E-state index contributed by atoms with van der Waals surface area (Å²) >= 11 is 0. The molecule has 2 aromatic rings. The molecule has 0 fully saturated rings. The van der Waals surface area contributed by atoms with Crippen LogP contribution in [0.1, 0.15) is 31.1 Å². The van der Waals surface area contributed by atoms with Crippen LogP contribution >= 0.6 is 0 Å². The maximum atomic E-state index is 12.8. The van der Waals surface area contributed by atoms with Crippen molar-refractivity contribution in [3.63, 3.8) is 0 Å². The summed E-state index contributed by atoms with van der Waals surface area (Å²) in [6, 6.07) is 4.38. The van der Waals surface area contributed by atoms with Gasteiger partial charge in [0.1, 0.15) is 0 Å². The molecule has 1 aromatic carbocycles. The second-order valence-electron chi connectivity index (χ2n) is 6.41. The molecule has 28 heavy (non-hydrogen) atoms. The Bertz CT molecular complexity index is 1010. The van der Waals surface area contributed by atoms with Gasteiger partial charge in [-0.15, -0.1) is 0 Å². The van der Waals surface area contributed by atoms with Crippen LogP contribution in [0, 0.1) is 0 Å². The molecule has 0 unspecified atom stereocenters. The molecule has 0 aliphatic carbocycles. The molecule has 0 spiro atoms. The molecule has 1 aromatic heterocycles. The number of aromatic amines is 1. The number of nitrogens with zero attached hydrogens (tertiary/aromatic N) is 1. The molecular formula is C20H25N3O4S. The summed E-state index contributed by atoms with van der Waals surface area (Å²) in [5.41, 5.74) is 2.35. The number of carbonyl (C=O) groups is 1. The van der Waals surface area contributed by atoms with Crippen molar-refractivity contribution in [1.29, 1.82) is 0 Å². The van der Waals surface area contributed by atoms with E-state index in [1.807, 2.05) is 32.9 Å². The largest absolute Gasteiger partial charge is 0.501 e. The fraction of sp³-hybridized carbons (Fsp3) is 0.300. The van der Waals surface area contributed by atoms with Crippen molar-refractivity contribution in [2.75, 3.05) is 13.4 Å². The van der Waals surface area contributed by atoms with E-state index in [1.54, 1.807) is 25.6 Å². The van der Waals surface area contributed by atoms with Gasteiger partial charge in [-0.3, -0.25) is 9.89 Å². The number of ether oxygens (including phenoxy) is 1. The van der Waals surface area contributed by atoms with Gasteiger partial charge in [0.15, 0.2) is 9.84 Å². The Morgan fingerprint density at radius 1 is 1.32 bits per heavy atom. The smallest absolute Gasteiger partial charge is 0.253 e. The highest BCUT2D eigenvalue weighted by Crippen LogP contribution is 2.25. The zero-order valence-corrected chi connectivity index (χ0v) is 17.4. The van der Waals surface area contributed by atoms with Crippen molar-refractivity contribution in [2.24, 2.45) is 0 Å². The van der Waals surface area contributed by atoms with E-state index in [0.717, 1.165) is 17.4 Å². The molecule has 150 valence electrons. The van der Waals surface area contributed by atoms with Crippen LogP contribution in [0.25, 0.3) is 11.1 Å². The monoisotopic (exact) mass is 403 g/mol. The first-order valence-corrected chi connectivity index (χ1v) is 10.6. The number of amides is 1. The average molecular weight is 404 g/mol. The van der Waals surface area contributed by atoms with Crippen LogP contribution in [-0.4, -0.2) is 43.9 Å². The lowest BCUT2D eigenvalue weighted by molar-refractivity contribution is 0.0942. The molecule has 0 saturated carbocycles. The van der Waals surface area contributed by atoms with Crippen LogP contribution in [-0.2, 0) is 14.6 Å². The van der Waals surface area contributed by atoms with E-state index in [-0.39, 0.29) is 16.5 Å². The summed E-state index contributed by atoms with van der Waals surface area (Å²) in [7, 11) is -2.04. The lowest BCUT2D eigenvalue weighted by Gasteiger charge is -2.17. The Labute approximate surface area is 165 Å². The zero-order chi connectivity index (χ0) is 20.9. The Balaban J connectivity index is 2.37. The fourth-order valence-electron chi connectivity index (χ4n) is 2.71. The third-order valence-corrected chi connectivity index (χ3v) is 5.47. The van der Waals surface area contributed by atoms with Gasteiger partial charge in [-0.1, -0.05) is 12.1 Å². The SMILES string of the molecule is C/C=C(\C=C(/C)OC)[C@@H](C)NC(=O)c1ccc(-c2cn[nH]c2)cc1S(C)(=O)=O. The molecule has 0 aliphatic heterocycles. The third-order valence-electron chi connectivity index (χ3n) is 4.33. The van der Waals surface area contributed by atoms with Crippen molar-refractivity contribution in [3.05, 3.63) is 59.6 Å². The van der Waals surface area contributed by atoms with Gasteiger partial charge in [-0.05, 0) is 50.1 Å². The van der Waals surface area contributed by atoms with Gasteiger partial charge in [0, 0.05) is 18.0 Å². The number of sulfone groups is 1. The van der Waals surface area contributed by atoms with Crippen LogP contribution in [0.2, 0.25) is 0 Å². The van der Waals surface area contributed by atoms with E-state index in [1.165, 1.54) is 12.1 Å². The number of aromatic nitrogens is 2. The first-order chi connectivity index (χ1) is 13.2. The van der Waals surface area contributed by atoms with Crippen LogP contribution < -0.4 is 5.32 Å². The van der Waals surface area contributed by atoms with Crippen LogP contribution in [0.15, 0.2) is 59.0 Å². The molecule has 8 heteroatoms. The zero-order valence-electron chi connectivity index (χ0n) is 16.6. The van der Waals surface area contributed by atoms with Gasteiger partial charge in [-0.25, -0.2) is 8.42 Å². The molecule has 7 nitrogen and oxygen atoms in total. The summed E-state index contributed by atoms with van der Waals surface area (Å²) in [4.78, 5) is 12.8. The number of carbonyl (C=O) groups excluding carboxylic acids is 1. The minimum atomic E-state index is -3.61. The standard InChI is InChI=1S/C20H25N3O4S/c1-6-15(9-13(2)27-4)14(3)23-20(24)18-8-7-16(17-11-21-22-12-17)10-19(18)28(5,25)26/h6-12,14H,1-5H3,(H,21,22)(H,23,24)/b13-9+,15-6+/t14-/m1/s1. The van der Waals surface area contributed by atoms with Crippen molar-refractivity contribution in [1.82, 2.24) is 15.5 Å². The minimum Gasteiger partial charge on any atom is -0.501 e. The van der Waals surface area contributed by atoms with Crippen LogP contribution in [0.3, 0.4) is 0 Å². The lowest BCUT2D eigenvalue weighted by atomic mass is 10.0. The van der Waals surface area contributed by atoms with Crippen molar-refractivity contribution in [3.8, 4) is 11.1 Å². The normalized spacial score (nSPS) is 13.9. The van der Waals surface area contributed by atoms with Gasteiger partial charge in [-0.2, -0.15) is 5.10 Å². The van der Waals surface area contributed by atoms with Crippen molar-refractivity contribution in [2.45, 2.75) is 31.7 Å². The molecule has 2 rings (SSSR count). The molecule has 2 N–H and O–H groups in total. The number of H-pyrrole nitrogens is 1. The highest BCUT2D eigenvalue weighted by atomic mass is 32.2. The fourth-order valence-corrected chi connectivity index (χ4v) is 3.62. The predicted molar refractivity (Wildman–Crippen MR) is 109 cm³/mol. The number of nitrogens with one attached hydrogen (secondary N) is 2. The summed E-state index contributed by atoms with van der Waals surface area (Å²) < 4.78 is 29.8. The Morgan fingerprint density at radius 2 is 2.04 bits per heavy atom. The minimum absolute atomic E-state index is 0.0263. The van der Waals surface area contributed by atoms with Crippen molar-refractivity contribution < 1.29 is 17.9 Å². The quantitative estimate of drug-likeness (QED) is 0.546. The summed E-state index contributed by atoms with van der Waals surface area (Å²) in [6.45, 7) is 5.50. The van der Waals surface area contributed by atoms with E-state index >= 15 is 0 Å². The van der Waals surface area contributed by atoms with Crippen molar-refractivity contribution >= 4 is 15.7 Å². The molecule has 0 radical (unpaired) electrons. The number of hydrogen-bond donors (Lipinski definition) is 2. The van der Waals surface area contributed by atoms with Crippen LogP contribution in [0.5, 0.6) is 0 Å². The Hall–Kier alpha value is -2.87. The number of methoxy groups -OCH3 is 1. The number of benzene rings is 1. The maximum absolute atomic E-state index is 12.8. The molecule has 0 bridgehead atoms. The number of hydrogen-bond acceptors (Lipinski definition) is 5. The number of rotatable bonds is 7. The molecule has 1 heterocycles. The van der Waals surface area contributed by atoms with Gasteiger partial charge < -0.3 is 10.1 Å². The second-order valence-corrected chi connectivity index (χ2v) is 8.40. The molecule has 1 atom stereocenters. The van der Waals surface area contributed by atoms with E-state index in [2.05, 4.69) is 15.5 Å². The molecule has 0 aliphatic rings. The average Bonchev–Trinajstić information content (AvgIpc) is 3.19. The predicted octanol–water partition coefficient (Wildman–Crippen LogP) is 3.10. The van der Waals surface area contributed by atoms with E-state index in [0.29, 0.717) is 11.3 Å². The van der Waals surface area contributed by atoms with Gasteiger partial charge >= 0.3 is 0 Å². The van der Waals surface area contributed by atoms with E-state index in [4.69, 9.17) is 4.74 Å². The van der Waals surface area contributed by atoms with Gasteiger partial charge in [0.25, 0.3) is 5.91 Å². The molecule has 0 saturated heterocycles. The Morgan fingerprint density at radius 3 is 2.57 bits per heavy atom. The summed E-state index contributed by atoms with van der Waals surface area (Å²) in [6.07, 6.45) is 8.03. The van der Waals surface area contributed by atoms with Crippen LogP contribution in [0.4, 0.5) is 0 Å². The van der Waals surface area contributed by atoms with E-state index < -0.39 is 15.7 Å². The third kappa shape index (κ3) is 5.10. The molecule has 1 amide bonds. The second kappa shape index (κ2) is 8.88. The summed E-state index contributed by atoms with van der Waals surface area (Å²) in [5.74, 6) is 0.241. The topological polar surface area (TPSA) is 101 Å². The Kier molecular flexibility index (Phi) is 6.80. The maximum Gasteiger partial charge on any atom is 0.253 e. The molecular weight excluding hydrogens is 378 g/mol. The number of allylic oxidation sites excluding steroid dienone is 2.